The molecule has 1 aliphatic heterocycles. The third-order valence-corrected chi connectivity index (χ3v) is 8.48. The number of hydrogen-bond acceptors (Lipinski definition) is 4. The fourth-order valence-electron chi connectivity index (χ4n) is 4.76. The van der Waals surface area contributed by atoms with Crippen LogP contribution in [0.4, 0.5) is 4.79 Å². The first-order valence-electron chi connectivity index (χ1n) is 11.8. The van der Waals surface area contributed by atoms with Crippen LogP contribution < -0.4 is 10.6 Å². The standard InChI is InChI=1S/C25H32N4O4S/c30-23(25(13-7-8-14-25)27-24(31)26-19-21-9-3-1-4-10-21)28-15-17-29(18-16-28)34(32,33)20-22-11-5-2-6-12-22/h1-6,9-12H,7-8,13-20H2,(H2,26,27,31). The van der Waals surface area contributed by atoms with Gasteiger partial charge in [0.25, 0.3) is 0 Å². The predicted molar refractivity (Wildman–Crippen MR) is 130 cm³/mol. The molecule has 1 aliphatic carbocycles. The third-order valence-electron chi connectivity index (χ3n) is 6.63. The van der Waals surface area contributed by atoms with Gasteiger partial charge >= 0.3 is 6.03 Å². The Morgan fingerprint density at radius 2 is 1.38 bits per heavy atom. The van der Waals surface area contributed by atoms with Crippen molar-refractivity contribution in [1.29, 1.82) is 0 Å². The van der Waals surface area contributed by atoms with E-state index in [4.69, 9.17) is 0 Å². The highest BCUT2D eigenvalue weighted by atomic mass is 32.2. The second kappa shape index (κ2) is 10.6. The maximum atomic E-state index is 13.5. The number of nitrogens with one attached hydrogen (secondary N) is 2. The summed E-state index contributed by atoms with van der Waals surface area (Å²) in [5.74, 6) is -0.158. The van der Waals surface area contributed by atoms with Crippen molar-refractivity contribution in [2.45, 2.75) is 43.5 Å². The molecule has 0 atom stereocenters. The summed E-state index contributed by atoms with van der Waals surface area (Å²) in [4.78, 5) is 27.8. The molecule has 4 rings (SSSR count). The summed E-state index contributed by atoms with van der Waals surface area (Å²) in [5, 5.41) is 5.81. The van der Waals surface area contributed by atoms with Crippen molar-refractivity contribution in [3.8, 4) is 0 Å². The van der Waals surface area contributed by atoms with Gasteiger partial charge < -0.3 is 15.5 Å². The summed E-state index contributed by atoms with van der Waals surface area (Å²) < 4.78 is 27.1. The Morgan fingerprint density at radius 3 is 1.97 bits per heavy atom. The van der Waals surface area contributed by atoms with E-state index in [2.05, 4.69) is 10.6 Å². The molecule has 1 saturated carbocycles. The highest BCUT2D eigenvalue weighted by molar-refractivity contribution is 7.88. The van der Waals surface area contributed by atoms with Gasteiger partial charge in [-0.3, -0.25) is 4.79 Å². The van der Waals surface area contributed by atoms with Gasteiger partial charge in [0.1, 0.15) is 5.54 Å². The van der Waals surface area contributed by atoms with Gasteiger partial charge in [-0.15, -0.1) is 0 Å². The molecule has 2 aromatic carbocycles. The lowest BCUT2D eigenvalue weighted by Gasteiger charge is -2.39. The molecule has 0 spiro atoms. The first-order chi connectivity index (χ1) is 16.4. The molecule has 0 radical (unpaired) electrons. The number of piperazine rings is 1. The molecule has 2 fully saturated rings. The van der Waals surface area contributed by atoms with E-state index in [1.807, 2.05) is 48.5 Å². The van der Waals surface area contributed by atoms with E-state index in [9.17, 15) is 18.0 Å². The second-order valence-electron chi connectivity index (χ2n) is 9.02. The van der Waals surface area contributed by atoms with E-state index in [0.717, 1.165) is 24.0 Å². The Kier molecular flexibility index (Phi) is 7.53. The first-order valence-corrected chi connectivity index (χ1v) is 13.4. The lowest BCUT2D eigenvalue weighted by atomic mass is 9.95. The molecule has 0 aromatic heterocycles. The molecule has 9 heteroatoms. The molecular weight excluding hydrogens is 452 g/mol. The lowest BCUT2D eigenvalue weighted by Crippen LogP contribution is -2.62. The average molecular weight is 485 g/mol. The molecule has 0 unspecified atom stereocenters. The number of benzene rings is 2. The molecule has 1 heterocycles. The van der Waals surface area contributed by atoms with E-state index < -0.39 is 15.6 Å². The van der Waals surface area contributed by atoms with Gasteiger partial charge in [-0.05, 0) is 24.0 Å². The first kappa shape index (κ1) is 24.2. The topological polar surface area (TPSA) is 98.8 Å². The molecule has 0 bridgehead atoms. The van der Waals surface area contributed by atoms with Crippen LogP contribution in [0, 0.1) is 0 Å². The summed E-state index contributed by atoms with van der Waals surface area (Å²) >= 11 is 0. The van der Waals surface area contributed by atoms with Gasteiger partial charge in [-0.1, -0.05) is 73.5 Å². The smallest absolute Gasteiger partial charge is 0.315 e. The maximum Gasteiger partial charge on any atom is 0.315 e. The van der Waals surface area contributed by atoms with Crippen LogP contribution >= 0.6 is 0 Å². The molecular formula is C25H32N4O4S. The minimum absolute atomic E-state index is 0.0468. The fourth-order valence-corrected chi connectivity index (χ4v) is 6.27. The van der Waals surface area contributed by atoms with Crippen LogP contribution in [0.5, 0.6) is 0 Å². The van der Waals surface area contributed by atoms with E-state index in [-0.39, 0.29) is 30.8 Å². The van der Waals surface area contributed by atoms with Crippen molar-refractivity contribution in [3.05, 3.63) is 71.8 Å². The maximum absolute atomic E-state index is 13.5. The third kappa shape index (κ3) is 5.77. The van der Waals surface area contributed by atoms with Crippen molar-refractivity contribution in [2.75, 3.05) is 26.2 Å². The SMILES string of the molecule is O=C(NCc1ccccc1)NC1(C(=O)N2CCN(S(=O)(=O)Cc3ccccc3)CC2)CCCC1. The molecule has 2 aromatic rings. The molecule has 3 amide bonds. The summed E-state index contributed by atoms with van der Waals surface area (Å²) in [6.07, 6.45) is 2.93. The van der Waals surface area contributed by atoms with Crippen LogP contribution in [0.2, 0.25) is 0 Å². The zero-order chi connectivity index (χ0) is 24.0. The van der Waals surface area contributed by atoms with Crippen LogP contribution in [0.15, 0.2) is 60.7 Å². The lowest BCUT2D eigenvalue weighted by molar-refractivity contribution is -0.139. The van der Waals surface area contributed by atoms with Gasteiger partial charge in [-0.2, -0.15) is 4.31 Å². The Morgan fingerprint density at radius 1 is 0.824 bits per heavy atom. The van der Waals surface area contributed by atoms with Crippen molar-refractivity contribution < 1.29 is 18.0 Å². The summed E-state index contributed by atoms with van der Waals surface area (Å²) in [6, 6.07) is 18.4. The van der Waals surface area contributed by atoms with E-state index in [1.54, 1.807) is 17.0 Å². The van der Waals surface area contributed by atoms with E-state index in [1.165, 1.54) is 4.31 Å². The van der Waals surface area contributed by atoms with Gasteiger partial charge in [0.15, 0.2) is 0 Å². The molecule has 8 nitrogen and oxygen atoms in total. The highest BCUT2D eigenvalue weighted by Crippen LogP contribution is 2.32. The van der Waals surface area contributed by atoms with Gasteiger partial charge in [0, 0.05) is 32.7 Å². The number of amides is 3. The van der Waals surface area contributed by atoms with Crippen molar-refractivity contribution >= 4 is 22.0 Å². The van der Waals surface area contributed by atoms with Gasteiger partial charge in [0.05, 0.1) is 5.75 Å². The van der Waals surface area contributed by atoms with Gasteiger partial charge in [-0.25, -0.2) is 13.2 Å². The number of rotatable bonds is 7. The number of urea groups is 1. The second-order valence-corrected chi connectivity index (χ2v) is 11.0. The number of carbonyl (C=O) groups excluding carboxylic acids is 2. The zero-order valence-electron chi connectivity index (χ0n) is 19.3. The van der Waals surface area contributed by atoms with Gasteiger partial charge in [0.2, 0.25) is 15.9 Å². The highest BCUT2D eigenvalue weighted by Gasteiger charge is 2.45. The monoisotopic (exact) mass is 484 g/mol. The Bertz CT molecular complexity index is 1080. The van der Waals surface area contributed by atoms with Crippen LogP contribution in [0.1, 0.15) is 36.8 Å². The Balaban J connectivity index is 1.34. The Hall–Kier alpha value is -2.91. The number of hydrogen-bond donors (Lipinski definition) is 2. The largest absolute Gasteiger partial charge is 0.338 e. The average Bonchev–Trinajstić information content (AvgIpc) is 3.33. The summed E-state index contributed by atoms with van der Waals surface area (Å²) in [5.41, 5.74) is 0.806. The molecule has 182 valence electrons. The fraction of sp³-hybridized carbons (Fsp3) is 0.440. The van der Waals surface area contributed by atoms with Crippen LogP contribution in [-0.2, 0) is 27.1 Å². The van der Waals surface area contributed by atoms with Crippen molar-refractivity contribution in [3.63, 3.8) is 0 Å². The van der Waals surface area contributed by atoms with Crippen LogP contribution in [0.25, 0.3) is 0 Å². The van der Waals surface area contributed by atoms with E-state index in [0.29, 0.717) is 32.5 Å². The zero-order valence-corrected chi connectivity index (χ0v) is 20.1. The van der Waals surface area contributed by atoms with Crippen molar-refractivity contribution in [2.24, 2.45) is 0 Å². The minimum atomic E-state index is -3.46. The quantitative estimate of drug-likeness (QED) is 0.631. The Labute approximate surface area is 201 Å². The molecule has 2 aliphatic rings. The summed E-state index contributed by atoms with van der Waals surface area (Å²) in [7, 11) is -3.46. The van der Waals surface area contributed by atoms with Crippen molar-refractivity contribution in [1.82, 2.24) is 19.8 Å². The van der Waals surface area contributed by atoms with E-state index >= 15 is 0 Å². The number of carbonyl (C=O) groups is 2. The van der Waals surface area contributed by atoms with Crippen LogP contribution in [0.3, 0.4) is 0 Å². The normalized spacial score (nSPS) is 18.4. The molecule has 1 saturated heterocycles. The number of nitrogens with zero attached hydrogens (tertiary/aromatic N) is 2. The number of sulfonamides is 1. The molecule has 2 N–H and O–H groups in total. The molecule has 34 heavy (non-hydrogen) atoms. The minimum Gasteiger partial charge on any atom is -0.338 e. The predicted octanol–water partition coefficient (Wildman–Crippen LogP) is 2.47. The summed E-state index contributed by atoms with van der Waals surface area (Å²) in [6.45, 7) is 1.55. The van der Waals surface area contributed by atoms with Crippen LogP contribution in [-0.4, -0.2) is 61.3 Å².